The molecule has 0 aliphatic carbocycles. The van der Waals surface area contributed by atoms with Crippen molar-refractivity contribution in [3.05, 3.63) is 115 Å². The van der Waals surface area contributed by atoms with Gasteiger partial charge in [0.25, 0.3) is 11.5 Å². The van der Waals surface area contributed by atoms with Crippen LogP contribution >= 0.6 is 11.3 Å². The molecule has 0 spiro atoms. The predicted octanol–water partition coefficient (Wildman–Crippen LogP) is 2.97. The molecule has 0 bridgehead atoms. The molecular formula is C32H27N3O8S. The standard InChI is InChI=1S/C32H27N3O8S/c1-4-34-22-9-6-5-8-21(22)25(28(34)36)27-29(37)35-26(24(18(2)33-32(35)44-27)31(39)42-17-16-40-3)19-11-13-20(14-12-19)43-30(38)23-10-7-15-41-23/h5-15,26H,4,16-17H2,1-3H3/b27-25-/t26-/m1/s1. The van der Waals surface area contributed by atoms with Gasteiger partial charge in [-0.1, -0.05) is 41.7 Å². The van der Waals surface area contributed by atoms with Crippen LogP contribution in [0, 0.1) is 0 Å². The molecule has 0 radical (unpaired) electrons. The highest BCUT2D eigenvalue weighted by molar-refractivity contribution is 7.07. The fourth-order valence-electron chi connectivity index (χ4n) is 5.33. The van der Waals surface area contributed by atoms with Crippen molar-refractivity contribution < 1.29 is 33.0 Å². The van der Waals surface area contributed by atoms with Crippen LogP contribution in [0.4, 0.5) is 5.69 Å². The molecular weight excluding hydrogens is 586 g/mol. The number of likely N-dealkylation sites (N-methyl/N-ethyl adjacent to an activating group) is 1. The van der Waals surface area contributed by atoms with Gasteiger partial charge in [0.2, 0.25) is 5.76 Å². The van der Waals surface area contributed by atoms with Gasteiger partial charge in [0.05, 0.1) is 41.4 Å². The van der Waals surface area contributed by atoms with Crippen LogP contribution in [-0.2, 0) is 19.1 Å². The number of carbonyl (C=O) groups excluding carboxylic acids is 3. The van der Waals surface area contributed by atoms with Gasteiger partial charge in [0.1, 0.15) is 16.9 Å². The number of aromatic nitrogens is 1. The molecule has 224 valence electrons. The van der Waals surface area contributed by atoms with Crippen LogP contribution < -0.4 is 24.5 Å². The van der Waals surface area contributed by atoms with Crippen molar-refractivity contribution in [2.75, 3.05) is 31.8 Å². The van der Waals surface area contributed by atoms with Crippen molar-refractivity contribution in [2.24, 2.45) is 4.99 Å². The maximum Gasteiger partial charge on any atom is 0.379 e. The van der Waals surface area contributed by atoms with Crippen LogP contribution in [0.5, 0.6) is 5.75 Å². The highest BCUT2D eigenvalue weighted by Gasteiger charge is 2.37. The Morgan fingerprint density at radius 3 is 2.48 bits per heavy atom. The fourth-order valence-corrected chi connectivity index (χ4v) is 6.46. The molecule has 0 saturated heterocycles. The second-order valence-corrected chi connectivity index (χ2v) is 10.9. The van der Waals surface area contributed by atoms with E-state index in [1.807, 2.05) is 31.2 Å². The number of hydrogen-bond donors (Lipinski definition) is 0. The van der Waals surface area contributed by atoms with Gasteiger partial charge in [-0.05, 0) is 49.7 Å². The van der Waals surface area contributed by atoms with Crippen LogP contribution in [-0.4, -0.2) is 49.3 Å². The number of allylic oxidation sites excluding steroid dienone is 1. The Hall–Kier alpha value is -5.07. The largest absolute Gasteiger partial charge is 0.460 e. The zero-order chi connectivity index (χ0) is 31.0. The van der Waals surface area contributed by atoms with Crippen LogP contribution in [0.3, 0.4) is 0 Å². The third-order valence-corrected chi connectivity index (χ3v) is 8.39. The molecule has 4 aromatic rings. The number of thiazole rings is 1. The number of ether oxygens (including phenoxy) is 3. The van der Waals surface area contributed by atoms with Crippen LogP contribution in [0.2, 0.25) is 0 Å². The first-order valence-electron chi connectivity index (χ1n) is 13.8. The van der Waals surface area contributed by atoms with E-state index in [0.29, 0.717) is 33.7 Å². The third-order valence-electron chi connectivity index (χ3n) is 7.33. The Morgan fingerprint density at radius 2 is 1.77 bits per heavy atom. The SMILES string of the molecule is CCN1C(=O)/C(=c2\sc3n(c2=O)[C@H](c2ccc(OC(=O)c4ccco4)cc2)C(C(=O)OCCOC)=C(C)N=3)c2ccccc21. The number of benzene rings is 2. The van der Waals surface area contributed by atoms with E-state index in [1.165, 1.54) is 24.0 Å². The number of para-hydroxylation sites is 1. The fraction of sp³-hybridized carbons (Fsp3) is 0.219. The molecule has 2 aliphatic rings. The summed E-state index contributed by atoms with van der Waals surface area (Å²) in [5.41, 5.74) is 2.32. The number of nitrogens with zero attached hydrogens (tertiary/aromatic N) is 3. The van der Waals surface area contributed by atoms with Gasteiger partial charge >= 0.3 is 11.9 Å². The molecule has 44 heavy (non-hydrogen) atoms. The normalized spacial score (nSPS) is 16.8. The van der Waals surface area contributed by atoms with Crippen LogP contribution in [0.15, 0.2) is 92.4 Å². The lowest BCUT2D eigenvalue weighted by molar-refractivity contribution is -0.140. The molecule has 11 nitrogen and oxygen atoms in total. The zero-order valence-electron chi connectivity index (χ0n) is 24.1. The van der Waals surface area contributed by atoms with Crippen molar-refractivity contribution in [3.63, 3.8) is 0 Å². The Balaban J connectivity index is 1.49. The Morgan fingerprint density at radius 1 is 1.00 bits per heavy atom. The Bertz CT molecular complexity index is 1990. The summed E-state index contributed by atoms with van der Waals surface area (Å²) in [4.78, 5) is 60.2. The van der Waals surface area contributed by atoms with Gasteiger partial charge in [-0.3, -0.25) is 14.2 Å². The third kappa shape index (κ3) is 4.97. The minimum absolute atomic E-state index is 0.00715. The van der Waals surface area contributed by atoms with E-state index < -0.39 is 23.5 Å². The maximum absolute atomic E-state index is 14.3. The number of methoxy groups -OCH3 is 1. The van der Waals surface area contributed by atoms with Gasteiger partial charge in [-0.2, -0.15) is 0 Å². The smallest absolute Gasteiger partial charge is 0.379 e. The average molecular weight is 614 g/mol. The monoisotopic (exact) mass is 613 g/mol. The predicted molar refractivity (Wildman–Crippen MR) is 160 cm³/mol. The van der Waals surface area contributed by atoms with Gasteiger partial charge in [0, 0.05) is 19.2 Å². The van der Waals surface area contributed by atoms with E-state index in [1.54, 1.807) is 42.2 Å². The molecule has 2 aliphatic heterocycles. The highest BCUT2D eigenvalue weighted by Crippen LogP contribution is 2.35. The summed E-state index contributed by atoms with van der Waals surface area (Å²) in [6.07, 6.45) is 1.37. The topological polar surface area (TPSA) is 130 Å². The van der Waals surface area contributed by atoms with Crippen molar-refractivity contribution in [3.8, 4) is 5.75 Å². The van der Waals surface area contributed by atoms with E-state index in [-0.39, 0.29) is 40.7 Å². The van der Waals surface area contributed by atoms with E-state index in [0.717, 1.165) is 17.0 Å². The second kappa shape index (κ2) is 11.9. The van der Waals surface area contributed by atoms with Crippen LogP contribution in [0.1, 0.15) is 41.6 Å². The van der Waals surface area contributed by atoms with Crippen molar-refractivity contribution in [1.29, 1.82) is 0 Å². The van der Waals surface area contributed by atoms with Crippen molar-refractivity contribution in [1.82, 2.24) is 4.57 Å². The molecule has 2 aromatic heterocycles. The highest BCUT2D eigenvalue weighted by atomic mass is 32.1. The van der Waals surface area contributed by atoms with E-state index in [4.69, 9.17) is 18.6 Å². The molecule has 1 amide bonds. The number of esters is 2. The Labute approximate surface area is 254 Å². The lowest BCUT2D eigenvalue weighted by Gasteiger charge is -2.25. The number of anilines is 1. The molecule has 1 atom stereocenters. The lowest BCUT2D eigenvalue weighted by atomic mass is 9.96. The summed E-state index contributed by atoms with van der Waals surface area (Å²) in [7, 11) is 1.50. The first kappa shape index (κ1) is 29.0. The number of carbonyl (C=O) groups is 3. The van der Waals surface area contributed by atoms with Gasteiger partial charge in [0.15, 0.2) is 4.80 Å². The molecule has 12 heteroatoms. The van der Waals surface area contributed by atoms with Crippen molar-refractivity contribution >= 4 is 40.4 Å². The molecule has 0 N–H and O–H groups in total. The second-order valence-electron chi connectivity index (χ2n) is 9.91. The molecule has 4 heterocycles. The lowest BCUT2D eigenvalue weighted by Crippen LogP contribution is -2.41. The number of fused-ring (bicyclic) bond motifs is 2. The number of amides is 1. The van der Waals surface area contributed by atoms with Gasteiger partial charge in [-0.15, -0.1) is 0 Å². The zero-order valence-corrected chi connectivity index (χ0v) is 24.9. The quantitative estimate of drug-likeness (QED) is 0.169. The van der Waals surface area contributed by atoms with Crippen molar-refractivity contribution in [2.45, 2.75) is 19.9 Å². The summed E-state index contributed by atoms with van der Waals surface area (Å²) in [6, 6.07) is 15.9. The average Bonchev–Trinajstić information content (AvgIpc) is 3.73. The summed E-state index contributed by atoms with van der Waals surface area (Å²) >= 11 is 1.10. The maximum atomic E-state index is 14.3. The van der Waals surface area contributed by atoms with Gasteiger partial charge < -0.3 is 23.5 Å². The van der Waals surface area contributed by atoms with Crippen LogP contribution in [0.25, 0.3) is 5.57 Å². The summed E-state index contributed by atoms with van der Waals surface area (Å²) in [5.74, 6) is -1.31. The minimum Gasteiger partial charge on any atom is -0.460 e. The summed E-state index contributed by atoms with van der Waals surface area (Å²) < 4.78 is 22.7. The summed E-state index contributed by atoms with van der Waals surface area (Å²) in [5, 5.41) is 0. The summed E-state index contributed by atoms with van der Waals surface area (Å²) in [6.45, 7) is 4.19. The first-order valence-corrected chi connectivity index (χ1v) is 14.6. The molecule has 2 aromatic carbocycles. The van der Waals surface area contributed by atoms with Gasteiger partial charge in [-0.25, -0.2) is 14.6 Å². The van der Waals surface area contributed by atoms with E-state index in [9.17, 15) is 19.2 Å². The first-order chi connectivity index (χ1) is 21.3. The number of hydrogen-bond acceptors (Lipinski definition) is 10. The van der Waals surface area contributed by atoms with E-state index >= 15 is 0 Å². The molecule has 0 unspecified atom stereocenters. The number of furan rings is 1. The minimum atomic E-state index is -0.931. The molecule has 0 saturated carbocycles. The number of rotatable bonds is 8. The molecule has 0 fully saturated rings. The van der Waals surface area contributed by atoms with E-state index in [2.05, 4.69) is 4.99 Å². The molecule has 6 rings (SSSR count). The Kier molecular flexibility index (Phi) is 7.85.